The van der Waals surface area contributed by atoms with Crippen LogP contribution in [0.2, 0.25) is 0 Å². The van der Waals surface area contributed by atoms with E-state index in [1.165, 1.54) is 24.5 Å². The Labute approximate surface area is 103 Å². The summed E-state index contributed by atoms with van der Waals surface area (Å²) in [4.78, 5) is 7.23. The molecule has 0 atom stereocenters. The van der Waals surface area contributed by atoms with Gasteiger partial charge in [-0.15, -0.1) is 0 Å². The SMILES string of the molecule is Nc1cccnc1NS(=O)(=O)c1ncccc1F. The monoisotopic (exact) mass is 268 g/mol. The molecule has 18 heavy (non-hydrogen) atoms. The summed E-state index contributed by atoms with van der Waals surface area (Å²) < 4.78 is 39.2. The molecule has 0 fully saturated rings. The number of nitrogen functional groups attached to an aromatic ring is 1. The third-order valence-corrected chi connectivity index (χ3v) is 3.32. The highest BCUT2D eigenvalue weighted by atomic mass is 32.2. The Hall–Kier alpha value is -2.22. The highest BCUT2D eigenvalue weighted by Gasteiger charge is 2.21. The Morgan fingerprint density at radius 2 is 1.83 bits per heavy atom. The smallest absolute Gasteiger partial charge is 0.283 e. The first-order valence-corrected chi connectivity index (χ1v) is 6.33. The second-order valence-corrected chi connectivity index (χ2v) is 4.93. The molecule has 6 nitrogen and oxygen atoms in total. The highest BCUT2D eigenvalue weighted by molar-refractivity contribution is 7.92. The van der Waals surface area contributed by atoms with Gasteiger partial charge < -0.3 is 5.73 Å². The van der Waals surface area contributed by atoms with Gasteiger partial charge in [-0.1, -0.05) is 0 Å². The van der Waals surface area contributed by atoms with Crippen LogP contribution >= 0.6 is 0 Å². The van der Waals surface area contributed by atoms with E-state index in [0.717, 1.165) is 6.07 Å². The molecule has 0 spiro atoms. The van der Waals surface area contributed by atoms with E-state index in [1.807, 2.05) is 0 Å². The molecule has 0 aliphatic carbocycles. The van der Waals surface area contributed by atoms with E-state index in [0.29, 0.717) is 0 Å². The van der Waals surface area contributed by atoms with E-state index in [1.54, 1.807) is 6.07 Å². The first-order chi connectivity index (χ1) is 8.50. The van der Waals surface area contributed by atoms with Crippen LogP contribution in [0.1, 0.15) is 0 Å². The number of rotatable bonds is 3. The number of anilines is 2. The third-order valence-electron chi connectivity index (χ3n) is 2.05. The molecule has 8 heteroatoms. The quantitative estimate of drug-likeness (QED) is 0.865. The van der Waals surface area contributed by atoms with E-state index in [2.05, 4.69) is 14.7 Å². The fraction of sp³-hybridized carbons (Fsp3) is 0. The number of nitrogens with zero attached hydrogens (tertiary/aromatic N) is 2. The molecule has 2 rings (SSSR count). The van der Waals surface area contributed by atoms with Crippen molar-refractivity contribution in [3.05, 3.63) is 42.5 Å². The minimum Gasteiger partial charge on any atom is -0.396 e. The van der Waals surface area contributed by atoms with Gasteiger partial charge in [0, 0.05) is 12.4 Å². The van der Waals surface area contributed by atoms with Crippen LogP contribution in [0, 0.1) is 5.82 Å². The van der Waals surface area contributed by atoms with E-state index in [-0.39, 0.29) is 11.5 Å². The fourth-order valence-electron chi connectivity index (χ4n) is 1.25. The van der Waals surface area contributed by atoms with Crippen molar-refractivity contribution in [2.24, 2.45) is 0 Å². The number of hydrogen-bond donors (Lipinski definition) is 2. The van der Waals surface area contributed by atoms with Crippen molar-refractivity contribution < 1.29 is 12.8 Å². The maximum atomic E-state index is 13.4. The number of pyridine rings is 2. The standard InChI is InChI=1S/C10H9FN4O2S/c11-7-3-1-6-14-10(7)18(16,17)15-9-8(12)4-2-5-13-9/h1-6H,12H2,(H,13,15). The number of hydrogen-bond acceptors (Lipinski definition) is 5. The Morgan fingerprint density at radius 1 is 1.17 bits per heavy atom. The normalized spacial score (nSPS) is 11.2. The molecule has 3 N–H and O–H groups in total. The molecule has 0 radical (unpaired) electrons. The summed E-state index contributed by atoms with van der Waals surface area (Å²) in [6.07, 6.45) is 2.54. The summed E-state index contributed by atoms with van der Waals surface area (Å²) in [6, 6.07) is 5.32. The number of nitrogens with two attached hydrogens (primary N) is 1. The summed E-state index contributed by atoms with van der Waals surface area (Å²) in [7, 11) is -4.15. The Morgan fingerprint density at radius 3 is 2.50 bits per heavy atom. The van der Waals surface area contributed by atoms with Crippen molar-refractivity contribution in [3.8, 4) is 0 Å². The van der Waals surface area contributed by atoms with Crippen molar-refractivity contribution in [1.82, 2.24) is 9.97 Å². The second kappa shape index (κ2) is 4.57. The first kappa shape index (κ1) is 12.2. The summed E-state index contributed by atoms with van der Waals surface area (Å²) in [5.41, 5.74) is 5.68. The van der Waals surface area contributed by atoms with Gasteiger partial charge in [-0.3, -0.25) is 4.72 Å². The van der Waals surface area contributed by atoms with Crippen molar-refractivity contribution in [3.63, 3.8) is 0 Å². The van der Waals surface area contributed by atoms with Crippen LogP contribution in [0.3, 0.4) is 0 Å². The summed E-state index contributed by atoms with van der Waals surface area (Å²) in [5, 5.41) is -0.699. The zero-order valence-electron chi connectivity index (χ0n) is 9.04. The van der Waals surface area contributed by atoms with Gasteiger partial charge >= 0.3 is 0 Å². The molecule has 0 aromatic carbocycles. The van der Waals surface area contributed by atoms with Crippen molar-refractivity contribution in [1.29, 1.82) is 0 Å². The lowest BCUT2D eigenvalue weighted by Crippen LogP contribution is -2.17. The van der Waals surface area contributed by atoms with Crippen LogP contribution < -0.4 is 10.5 Å². The van der Waals surface area contributed by atoms with Crippen molar-refractivity contribution in [2.45, 2.75) is 5.03 Å². The van der Waals surface area contributed by atoms with Gasteiger partial charge in [-0.05, 0) is 24.3 Å². The topological polar surface area (TPSA) is 98.0 Å². The number of nitrogens with one attached hydrogen (secondary N) is 1. The average Bonchev–Trinajstić information content (AvgIpc) is 2.32. The van der Waals surface area contributed by atoms with Crippen molar-refractivity contribution >= 4 is 21.5 Å². The molecule has 0 saturated heterocycles. The molecule has 0 aliphatic rings. The Balaban J connectivity index is 2.40. The lowest BCUT2D eigenvalue weighted by molar-refractivity contribution is 0.556. The molecular formula is C10H9FN4O2S. The van der Waals surface area contributed by atoms with Crippen LogP contribution in [-0.4, -0.2) is 18.4 Å². The predicted octanol–water partition coefficient (Wildman–Crippen LogP) is 0.999. The van der Waals surface area contributed by atoms with E-state index < -0.39 is 20.9 Å². The molecule has 0 amide bonds. The molecule has 0 aliphatic heterocycles. The molecule has 0 saturated carbocycles. The minimum atomic E-state index is -4.15. The Kier molecular flexibility index (Phi) is 3.11. The van der Waals surface area contributed by atoms with Gasteiger partial charge in [0.05, 0.1) is 5.69 Å². The largest absolute Gasteiger partial charge is 0.396 e. The molecular weight excluding hydrogens is 259 g/mol. The Bertz CT molecular complexity index is 675. The summed E-state index contributed by atoms with van der Waals surface area (Å²) >= 11 is 0. The molecule has 0 unspecified atom stereocenters. The molecule has 0 bridgehead atoms. The van der Waals surface area contributed by atoms with Crippen molar-refractivity contribution in [2.75, 3.05) is 10.5 Å². The zero-order valence-corrected chi connectivity index (χ0v) is 9.86. The van der Waals surface area contributed by atoms with E-state index in [9.17, 15) is 12.8 Å². The lowest BCUT2D eigenvalue weighted by Gasteiger charge is -2.08. The predicted molar refractivity (Wildman–Crippen MR) is 63.7 cm³/mol. The van der Waals surface area contributed by atoms with Crippen LogP contribution in [0.5, 0.6) is 0 Å². The molecule has 2 heterocycles. The van der Waals surface area contributed by atoms with Gasteiger partial charge in [0.15, 0.2) is 11.6 Å². The third kappa shape index (κ3) is 2.38. The second-order valence-electron chi connectivity index (χ2n) is 3.34. The van der Waals surface area contributed by atoms with Crippen LogP contribution in [0.15, 0.2) is 41.7 Å². The van der Waals surface area contributed by atoms with Gasteiger partial charge in [0.2, 0.25) is 5.03 Å². The maximum Gasteiger partial charge on any atom is 0.283 e. The minimum absolute atomic E-state index is 0.0671. The van der Waals surface area contributed by atoms with E-state index >= 15 is 0 Å². The summed E-state index contributed by atoms with van der Waals surface area (Å²) in [5.74, 6) is -1.01. The molecule has 2 aromatic heterocycles. The van der Waals surface area contributed by atoms with Crippen LogP contribution in [0.25, 0.3) is 0 Å². The fourth-order valence-corrected chi connectivity index (χ4v) is 2.29. The number of aromatic nitrogens is 2. The van der Waals surface area contributed by atoms with Crippen LogP contribution in [-0.2, 0) is 10.0 Å². The van der Waals surface area contributed by atoms with Crippen LogP contribution in [0.4, 0.5) is 15.9 Å². The number of sulfonamides is 1. The number of halogens is 1. The summed E-state index contributed by atoms with van der Waals surface area (Å²) in [6.45, 7) is 0. The average molecular weight is 268 g/mol. The lowest BCUT2D eigenvalue weighted by atomic mass is 10.4. The van der Waals surface area contributed by atoms with Gasteiger partial charge in [0.1, 0.15) is 0 Å². The van der Waals surface area contributed by atoms with Gasteiger partial charge in [-0.2, -0.15) is 8.42 Å². The molecule has 94 valence electrons. The first-order valence-electron chi connectivity index (χ1n) is 4.84. The maximum absolute atomic E-state index is 13.4. The van der Waals surface area contributed by atoms with Gasteiger partial charge in [-0.25, -0.2) is 14.4 Å². The highest BCUT2D eigenvalue weighted by Crippen LogP contribution is 2.19. The van der Waals surface area contributed by atoms with Gasteiger partial charge in [0.25, 0.3) is 10.0 Å². The zero-order chi connectivity index (χ0) is 13.2. The molecule has 2 aromatic rings. The van der Waals surface area contributed by atoms with E-state index in [4.69, 9.17) is 5.73 Å².